The van der Waals surface area contributed by atoms with Gasteiger partial charge in [0.1, 0.15) is 0 Å². The molecule has 0 heterocycles. The lowest BCUT2D eigenvalue weighted by Crippen LogP contribution is -2.45. The van der Waals surface area contributed by atoms with Gasteiger partial charge in [-0.3, -0.25) is 14.9 Å². The van der Waals surface area contributed by atoms with Crippen LogP contribution in [0.5, 0.6) is 0 Å². The van der Waals surface area contributed by atoms with Crippen molar-refractivity contribution in [1.29, 1.82) is 0 Å². The summed E-state index contributed by atoms with van der Waals surface area (Å²) in [4.78, 5) is 22.5. The Morgan fingerprint density at radius 2 is 2.09 bits per heavy atom. The van der Waals surface area contributed by atoms with Crippen molar-refractivity contribution in [2.24, 2.45) is 11.7 Å². The van der Waals surface area contributed by atoms with Gasteiger partial charge in [0.25, 0.3) is 5.69 Å². The molecular weight excluding hydrogens is 386 g/mol. The van der Waals surface area contributed by atoms with Crippen molar-refractivity contribution in [2.75, 3.05) is 6.54 Å². The summed E-state index contributed by atoms with van der Waals surface area (Å²) in [6, 6.07) is 4.59. The summed E-state index contributed by atoms with van der Waals surface area (Å²) in [6.45, 7) is 0.589. The monoisotopic (exact) mass is 405 g/mol. The fourth-order valence-electron chi connectivity index (χ4n) is 2.90. The molecule has 6 nitrogen and oxygen atoms in total. The number of hydrogen-bond acceptors (Lipinski definition) is 4. The normalized spacial score (nSPS) is 20.4. The lowest BCUT2D eigenvalue weighted by Gasteiger charge is -2.31. The van der Waals surface area contributed by atoms with Crippen molar-refractivity contribution < 1.29 is 9.72 Å². The van der Waals surface area contributed by atoms with E-state index in [2.05, 4.69) is 21.2 Å². The highest BCUT2D eigenvalue weighted by atomic mass is 79.9. The zero-order valence-electron chi connectivity index (χ0n) is 12.7. The summed E-state index contributed by atoms with van der Waals surface area (Å²) < 4.78 is 0.580. The molecule has 1 aromatic carbocycles. The largest absolute Gasteiger partial charge is 0.353 e. The number of nitrogens with zero attached hydrogens (tertiary/aromatic N) is 1. The Bertz CT molecular complexity index is 571. The molecule has 1 fully saturated rings. The minimum absolute atomic E-state index is 0. The van der Waals surface area contributed by atoms with Gasteiger partial charge in [-0.05, 0) is 30.9 Å². The highest BCUT2D eigenvalue weighted by Gasteiger charge is 2.25. The number of nitro benzene ring substituents is 1. The Hall–Kier alpha value is -1.18. The second-order valence-electron chi connectivity index (χ2n) is 5.66. The Morgan fingerprint density at radius 3 is 2.70 bits per heavy atom. The first-order chi connectivity index (χ1) is 10.5. The summed E-state index contributed by atoms with van der Waals surface area (Å²) in [6.07, 6.45) is 4.51. The molecule has 0 radical (unpaired) electrons. The lowest BCUT2D eigenvalue weighted by atomic mass is 9.84. The van der Waals surface area contributed by atoms with Gasteiger partial charge in [-0.1, -0.05) is 34.8 Å². The minimum atomic E-state index is -0.456. The maximum absolute atomic E-state index is 12.2. The molecule has 2 atom stereocenters. The molecule has 8 heteroatoms. The number of carbonyl (C=O) groups excluding carboxylic acids is 1. The zero-order chi connectivity index (χ0) is 16.1. The number of nitrogens with one attached hydrogen (secondary N) is 1. The quantitative estimate of drug-likeness (QED) is 0.580. The molecule has 0 aromatic heterocycles. The third-order valence-corrected chi connectivity index (χ3v) is 4.89. The Labute approximate surface area is 149 Å². The molecule has 128 valence electrons. The standard InChI is InChI=1S/C15H20BrN3O3.ClH/c16-13-8-12(19(21)22)6-5-10(13)7-15(20)18-14-4-2-1-3-11(14)9-17;/h5-6,8,11,14H,1-4,7,9,17H2,(H,18,20);1H. The number of nitrogens with two attached hydrogens (primary N) is 1. The molecule has 23 heavy (non-hydrogen) atoms. The molecule has 0 spiro atoms. The van der Waals surface area contributed by atoms with E-state index < -0.39 is 4.92 Å². The molecule has 3 N–H and O–H groups in total. The van der Waals surface area contributed by atoms with Gasteiger partial charge in [-0.25, -0.2) is 0 Å². The smallest absolute Gasteiger partial charge is 0.270 e. The molecule has 1 amide bonds. The molecular formula is C15H21BrClN3O3. The topological polar surface area (TPSA) is 98.3 Å². The molecule has 0 saturated heterocycles. The predicted molar refractivity (Wildman–Crippen MR) is 94.7 cm³/mol. The Morgan fingerprint density at radius 1 is 1.39 bits per heavy atom. The summed E-state index contributed by atoms with van der Waals surface area (Å²) in [5.41, 5.74) is 6.51. The van der Waals surface area contributed by atoms with E-state index in [-0.39, 0.29) is 36.5 Å². The third-order valence-electron chi connectivity index (χ3n) is 4.16. The van der Waals surface area contributed by atoms with Crippen molar-refractivity contribution in [3.05, 3.63) is 38.3 Å². The van der Waals surface area contributed by atoms with E-state index in [1.54, 1.807) is 6.07 Å². The predicted octanol–water partition coefficient (Wildman–Crippen LogP) is 2.96. The fourth-order valence-corrected chi connectivity index (χ4v) is 3.41. The number of nitro groups is 1. The molecule has 1 saturated carbocycles. The number of non-ortho nitro benzene ring substituents is 1. The van der Waals surface area contributed by atoms with Gasteiger partial charge in [0.15, 0.2) is 0 Å². The van der Waals surface area contributed by atoms with E-state index in [9.17, 15) is 14.9 Å². The van der Waals surface area contributed by atoms with Gasteiger partial charge in [0, 0.05) is 22.6 Å². The Balaban J connectivity index is 0.00000264. The number of halogens is 2. The molecule has 0 aliphatic heterocycles. The minimum Gasteiger partial charge on any atom is -0.353 e. The van der Waals surface area contributed by atoms with Gasteiger partial charge in [0.05, 0.1) is 11.3 Å². The molecule has 2 rings (SSSR count). The molecule has 0 bridgehead atoms. The highest BCUT2D eigenvalue weighted by molar-refractivity contribution is 9.10. The van der Waals surface area contributed by atoms with Crippen molar-refractivity contribution >= 4 is 39.9 Å². The van der Waals surface area contributed by atoms with Crippen LogP contribution in [0.15, 0.2) is 22.7 Å². The number of hydrogen-bond donors (Lipinski definition) is 2. The van der Waals surface area contributed by atoms with E-state index in [1.807, 2.05) is 0 Å². The average Bonchev–Trinajstić information content (AvgIpc) is 2.49. The van der Waals surface area contributed by atoms with Crippen LogP contribution in [0.25, 0.3) is 0 Å². The second-order valence-corrected chi connectivity index (χ2v) is 6.52. The molecule has 1 aliphatic carbocycles. The van der Waals surface area contributed by atoms with Crippen molar-refractivity contribution in [1.82, 2.24) is 5.32 Å². The maximum Gasteiger partial charge on any atom is 0.270 e. The first-order valence-electron chi connectivity index (χ1n) is 7.43. The van der Waals surface area contributed by atoms with Crippen LogP contribution in [0, 0.1) is 16.0 Å². The van der Waals surface area contributed by atoms with E-state index in [0.29, 0.717) is 16.9 Å². The summed E-state index contributed by atoms with van der Waals surface area (Å²) in [5.74, 6) is 0.276. The van der Waals surface area contributed by atoms with E-state index in [1.165, 1.54) is 18.6 Å². The van der Waals surface area contributed by atoms with E-state index in [4.69, 9.17) is 5.73 Å². The van der Waals surface area contributed by atoms with Gasteiger partial charge in [0.2, 0.25) is 5.91 Å². The van der Waals surface area contributed by atoms with Crippen LogP contribution in [0.4, 0.5) is 5.69 Å². The van der Waals surface area contributed by atoms with Gasteiger partial charge >= 0.3 is 0 Å². The van der Waals surface area contributed by atoms with E-state index >= 15 is 0 Å². The average molecular weight is 407 g/mol. The van der Waals surface area contributed by atoms with Crippen LogP contribution in [-0.4, -0.2) is 23.4 Å². The Kier molecular flexibility index (Phi) is 7.94. The zero-order valence-corrected chi connectivity index (χ0v) is 15.1. The van der Waals surface area contributed by atoms with Crippen LogP contribution in [0.3, 0.4) is 0 Å². The SMILES string of the molecule is Cl.NCC1CCCCC1NC(=O)Cc1ccc([N+](=O)[O-])cc1Br. The van der Waals surface area contributed by atoms with Crippen LogP contribution >= 0.6 is 28.3 Å². The summed E-state index contributed by atoms with van der Waals surface area (Å²) >= 11 is 3.29. The molecule has 1 aromatic rings. The lowest BCUT2D eigenvalue weighted by molar-refractivity contribution is -0.384. The first kappa shape index (κ1) is 19.9. The number of amides is 1. The first-order valence-corrected chi connectivity index (χ1v) is 8.23. The molecule has 1 aliphatic rings. The second kappa shape index (κ2) is 9.20. The van der Waals surface area contributed by atoms with Crippen LogP contribution in [-0.2, 0) is 11.2 Å². The van der Waals surface area contributed by atoms with Crippen molar-refractivity contribution in [3.63, 3.8) is 0 Å². The molecule has 2 unspecified atom stereocenters. The van der Waals surface area contributed by atoms with Gasteiger partial charge < -0.3 is 11.1 Å². The van der Waals surface area contributed by atoms with Crippen molar-refractivity contribution in [2.45, 2.75) is 38.1 Å². The van der Waals surface area contributed by atoms with E-state index in [0.717, 1.165) is 24.8 Å². The number of rotatable bonds is 5. The van der Waals surface area contributed by atoms with Gasteiger partial charge in [-0.2, -0.15) is 0 Å². The third kappa shape index (κ3) is 5.44. The van der Waals surface area contributed by atoms with Crippen molar-refractivity contribution in [3.8, 4) is 0 Å². The number of carbonyl (C=O) groups is 1. The summed E-state index contributed by atoms with van der Waals surface area (Å²) in [7, 11) is 0. The van der Waals surface area contributed by atoms with Gasteiger partial charge in [-0.15, -0.1) is 12.4 Å². The fraction of sp³-hybridized carbons (Fsp3) is 0.533. The van der Waals surface area contributed by atoms with Crippen LogP contribution in [0.1, 0.15) is 31.2 Å². The highest BCUT2D eigenvalue weighted by Crippen LogP contribution is 2.25. The van der Waals surface area contributed by atoms with Crippen LogP contribution < -0.4 is 11.1 Å². The van der Waals surface area contributed by atoms with Crippen LogP contribution in [0.2, 0.25) is 0 Å². The number of benzene rings is 1. The maximum atomic E-state index is 12.2. The summed E-state index contributed by atoms with van der Waals surface area (Å²) in [5, 5.41) is 13.8.